The van der Waals surface area contributed by atoms with Crippen LogP contribution in [0.25, 0.3) is 0 Å². The van der Waals surface area contributed by atoms with Crippen molar-refractivity contribution in [3.05, 3.63) is 36.3 Å². The molecule has 0 saturated heterocycles. The van der Waals surface area contributed by atoms with E-state index in [1.165, 1.54) is 0 Å². The first kappa shape index (κ1) is 24.4. The molecule has 1 aromatic rings. The fraction of sp³-hybridized carbons (Fsp3) is 0.680. The van der Waals surface area contributed by atoms with Gasteiger partial charge in [-0.3, -0.25) is 9.59 Å². The van der Waals surface area contributed by atoms with Crippen LogP contribution in [-0.4, -0.2) is 22.9 Å². The van der Waals surface area contributed by atoms with Gasteiger partial charge in [-0.2, -0.15) is 0 Å². The van der Waals surface area contributed by atoms with Crippen LogP contribution in [0.1, 0.15) is 89.7 Å². The van der Waals surface area contributed by atoms with Crippen LogP contribution in [0.15, 0.2) is 35.0 Å². The van der Waals surface area contributed by atoms with E-state index < -0.39 is 0 Å². The average Bonchev–Trinajstić information content (AvgIpc) is 3.38. The van der Waals surface area contributed by atoms with Gasteiger partial charge in [0.25, 0.3) is 0 Å². The fourth-order valence-corrected chi connectivity index (χ4v) is 4.20. The van der Waals surface area contributed by atoms with Crippen molar-refractivity contribution < 1.29 is 19.1 Å². The van der Waals surface area contributed by atoms with E-state index in [4.69, 9.17) is 4.42 Å². The Morgan fingerprint density at radius 3 is 2.87 bits per heavy atom. The van der Waals surface area contributed by atoms with Crippen LogP contribution >= 0.6 is 0 Å². The molecule has 1 aliphatic carbocycles. The van der Waals surface area contributed by atoms with Gasteiger partial charge in [-0.15, -0.1) is 0 Å². The zero-order valence-electron chi connectivity index (χ0n) is 18.5. The largest absolute Gasteiger partial charge is 0.467 e. The molecule has 1 amide bonds. The first-order valence-corrected chi connectivity index (χ1v) is 11.8. The molecular formula is C25H39NO4. The molecule has 1 saturated carbocycles. The summed E-state index contributed by atoms with van der Waals surface area (Å²) in [5, 5.41) is 13.0. The van der Waals surface area contributed by atoms with Gasteiger partial charge >= 0.3 is 0 Å². The maximum absolute atomic E-state index is 12.3. The van der Waals surface area contributed by atoms with E-state index >= 15 is 0 Å². The molecule has 1 heterocycles. The number of aliphatic hydroxyl groups is 1. The Labute approximate surface area is 181 Å². The first-order chi connectivity index (χ1) is 14.6. The molecule has 5 heteroatoms. The third-order valence-corrected chi connectivity index (χ3v) is 6.05. The van der Waals surface area contributed by atoms with Gasteiger partial charge in [0, 0.05) is 18.8 Å². The molecule has 168 valence electrons. The SMILES string of the molecule is CCCCC[C@H](O)C=C[C@@H]1CCC(=O)[C@@H]1CCCCCCC(=O)NCc1ccco1. The third-order valence-electron chi connectivity index (χ3n) is 6.05. The quantitative estimate of drug-likeness (QED) is 0.299. The lowest BCUT2D eigenvalue weighted by molar-refractivity contribution is -0.122. The standard InChI is InChI=1S/C25H39NO4/c1-2-3-6-10-21(27)16-14-20-15-17-24(28)23(20)12-7-4-5-8-13-25(29)26-19-22-11-9-18-30-22/h9,11,14,16,18,20-21,23,27H,2-8,10,12-13,15,17,19H2,1H3,(H,26,29)/t20-,21+,23-/m1/s1. The summed E-state index contributed by atoms with van der Waals surface area (Å²) in [5.74, 6) is 1.59. The predicted molar refractivity (Wildman–Crippen MR) is 119 cm³/mol. The van der Waals surface area contributed by atoms with E-state index in [-0.39, 0.29) is 23.8 Å². The Balaban J connectivity index is 1.57. The minimum Gasteiger partial charge on any atom is -0.467 e. The number of carbonyl (C=O) groups is 2. The molecule has 0 unspecified atom stereocenters. The smallest absolute Gasteiger partial charge is 0.220 e. The van der Waals surface area contributed by atoms with Gasteiger partial charge < -0.3 is 14.8 Å². The molecule has 0 bridgehead atoms. The molecule has 0 spiro atoms. The van der Waals surface area contributed by atoms with E-state index in [1.54, 1.807) is 6.26 Å². The zero-order valence-corrected chi connectivity index (χ0v) is 18.5. The number of hydrogen-bond donors (Lipinski definition) is 2. The predicted octanol–water partition coefficient (Wildman–Crippen LogP) is 5.33. The van der Waals surface area contributed by atoms with Crippen LogP contribution in [0, 0.1) is 11.8 Å². The van der Waals surface area contributed by atoms with Crippen molar-refractivity contribution in [1.82, 2.24) is 5.32 Å². The lowest BCUT2D eigenvalue weighted by Gasteiger charge is -2.15. The van der Waals surface area contributed by atoms with E-state index in [1.807, 2.05) is 18.2 Å². The maximum Gasteiger partial charge on any atom is 0.220 e. The number of nitrogens with one attached hydrogen (secondary N) is 1. The van der Waals surface area contributed by atoms with Gasteiger partial charge in [0.2, 0.25) is 5.91 Å². The van der Waals surface area contributed by atoms with Crippen LogP contribution in [0.4, 0.5) is 0 Å². The van der Waals surface area contributed by atoms with Crippen LogP contribution in [-0.2, 0) is 16.1 Å². The summed E-state index contributed by atoms with van der Waals surface area (Å²) >= 11 is 0. The van der Waals surface area contributed by atoms with Crippen LogP contribution in [0.2, 0.25) is 0 Å². The molecule has 1 aliphatic rings. The first-order valence-electron chi connectivity index (χ1n) is 11.8. The number of hydrogen-bond acceptors (Lipinski definition) is 4. The Morgan fingerprint density at radius 1 is 1.27 bits per heavy atom. The monoisotopic (exact) mass is 417 g/mol. The van der Waals surface area contributed by atoms with E-state index in [2.05, 4.69) is 18.3 Å². The number of unbranched alkanes of at least 4 members (excludes halogenated alkanes) is 5. The van der Waals surface area contributed by atoms with E-state index in [0.29, 0.717) is 25.2 Å². The second-order valence-electron chi connectivity index (χ2n) is 8.53. The van der Waals surface area contributed by atoms with E-state index in [9.17, 15) is 14.7 Å². The topological polar surface area (TPSA) is 79.5 Å². The van der Waals surface area contributed by atoms with E-state index in [0.717, 1.165) is 70.0 Å². The number of carbonyl (C=O) groups excluding carboxylic acids is 2. The summed E-state index contributed by atoms with van der Waals surface area (Å²) in [6.07, 6.45) is 16.4. The molecular weight excluding hydrogens is 378 g/mol. The lowest BCUT2D eigenvalue weighted by Crippen LogP contribution is -2.22. The van der Waals surface area contributed by atoms with Crippen molar-refractivity contribution in [3.8, 4) is 0 Å². The summed E-state index contributed by atoms with van der Waals surface area (Å²) in [4.78, 5) is 24.1. The number of Topliss-reactive ketones (excluding diaryl/α,β-unsaturated/α-hetero) is 1. The molecule has 0 aromatic carbocycles. The van der Waals surface area contributed by atoms with Gasteiger partial charge in [0.05, 0.1) is 18.9 Å². The number of ketones is 1. The molecule has 3 atom stereocenters. The highest BCUT2D eigenvalue weighted by molar-refractivity contribution is 5.83. The summed E-state index contributed by atoms with van der Waals surface area (Å²) in [7, 11) is 0. The van der Waals surface area contributed by atoms with Gasteiger partial charge in [-0.25, -0.2) is 0 Å². The molecule has 2 rings (SSSR count). The van der Waals surface area contributed by atoms with Gasteiger partial charge in [-0.05, 0) is 43.7 Å². The molecule has 1 aromatic heterocycles. The van der Waals surface area contributed by atoms with Crippen molar-refractivity contribution in [2.24, 2.45) is 11.8 Å². The molecule has 0 radical (unpaired) electrons. The third kappa shape index (κ3) is 9.29. The lowest BCUT2D eigenvalue weighted by atomic mass is 9.89. The number of furan rings is 1. The van der Waals surface area contributed by atoms with Crippen molar-refractivity contribution >= 4 is 11.7 Å². The normalized spacial score (nSPS) is 20.1. The number of amides is 1. The Morgan fingerprint density at radius 2 is 2.10 bits per heavy atom. The number of rotatable bonds is 15. The van der Waals surface area contributed by atoms with Gasteiger partial charge in [0.1, 0.15) is 11.5 Å². The average molecular weight is 418 g/mol. The van der Waals surface area contributed by atoms with Crippen molar-refractivity contribution in [2.75, 3.05) is 0 Å². The summed E-state index contributed by atoms with van der Waals surface area (Å²) in [5.41, 5.74) is 0. The molecule has 0 aliphatic heterocycles. The maximum atomic E-state index is 12.3. The highest BCUT2D eigenvalue weighted by atomic mass is 16.3. The van der Waals surface area contributed by atoms with Crippen LogP contribution < -0.4 is 5.32 Å². The minimum atomic E-state index is -0.383. The fourth-order valence-electron chi connectivity index (χ4n) is 4.20. The van der Waals surface area contributed by atoms with Gasteiger partial charge in [-0.1, -0.05) is 57.6 Å². The molecule has 30 heavy (non-hydrogen) atoms. The highest BCUT2D eigenvalue weighted by Crippen LogP contribution is 2.34. The highest BCUT2D eigenvalue weighted by Gasteiger charge is 2.32. The summed E-state index contributed by atoms with van der Waals surface area (Å²) < 4.78 is 5.20. The summed E-state index contributed by atoms with van der Waals surface area (Å²) in [6, 6.07) is 3.66. The minimum absolute atomic E-state index is 0.0556. The Hall–Kier alpha value is -1.88. The molecule has 1 fully saturated rings. The second-order valence-corrected chi connectivity index (χ2v) is 8.53. The molecule has 5 nitrogen and oxygen atoms in total. The van der Waals surface area contributed by atoms with Crippen LogP contribution in [0.5, 0.6) is 0 Å². The van der Waals surface area contributed by atoms with Crippen molar-refractivity contribution in [2.45, 2.75) is 96.6 Å². The zero-order chi connectivity index (χ0) is 21.6. The second kappa shape index (κ2) is 14.2. The van der Waals surface area contributed by atoms with Gasteiger partial charge in [0.15, 0.2) is 0 Å². The van der Waals surface area contributed by atoms with Crippen molar-refractivity contribution in [1.29, 1.82) is 0 Å². The summed E-state index contributed by atoms with van der Waals surface area (Å²) in [6.45, 7) is 2.60. The Bertz CT molecular complexity index is 638. The van der Waals surface area contributed by atoms with Crippen LogP contribution in [0.3, 0.4) is 0 Å². The van der Waals surface area contributed by atoms with Crippen molar-refractivity contribution in [3.63, 3.8) is 0 Å². The molecule has 2 N–H and O–H groups in total. The number of aliphatic hydroxyl groups excluding tert-OH is 1. The number of allylic oxidation sites excluding steroid dienone is 1. The Kier molecular flexibility index (Phi) is 11.5.